The van der Waals surface area contributed by atoms with Crippen molar-refractivity contribution < 1.29 is 23.7 Å². The number of anilines is 2. The number of benzene rings is 2. The van der Waals surface area contributed by atoms with E-state index < -0.39 is 16.7 Å². The van der Waals surface area contributed by atoms with Gasteiger partial charge < -0.3 is 19.8 Å². The number of nitro benzene ring substituents is 1. The second kappa shape index (κ2) is 8.26. The molecule has 9 heteroatoms. The lowest BCUT2D eigenvalue weighted by molar-refractivity contribution is -0.385. The number of furan rings is 1. The van der Waals surface area contributed by atoms with Crippen LogP contribution in [0.2, 0.25) is 0 Å². The lowest BCUT2D eigenvalue weighted by Crippen LogP contribution is -2.14. The van der Waals surface area contributed by atoms with Gasteiger partial charge in [-0.05, 0) is 49.4 Å². The van der Waals surface area contributed by atoms with Gasteiger partial charge in [0.1, 0.15) is 5.75 Å². The molecule has 3 aromatic rings. The van der Waals surface area contributed by atoms with Crippen molar-refractivity contribution >= 4 is 28.9 Å². The van der Waals surface area contributed by atoms with Crippen LogP contribution in [0.1, 0.15) is 26.5 Å². The molecule has 9 nitrogen and oxygen atoms in total. The Kier molecular flexibility index (Phi) is 5.59. The molecule has 148 valence electrons. The third-order valence-corrected chi connectivity index (χ3v) is 4.11. The van der Waals surface area contributed by atoms with Gasteiger partial charge in [0.2, 0.25) is 0 Å². The zero-order valence-electron chi connectivity index (χ0n) is 15.6. The number of hydrogen-bond acceptors (Lipinski definition) is 6. The molecule has 0 fully saturated rings. The molecule has 1 aromatic heterocycles. The van der Waals surface area contributed by atoms with Crippen molar-refractivity contribution in [3.63, 3.8) is 0 Å². The van der Waals surface area contributed by atoms with Crippen LogP contribution in [0, 0.1) is 17.0 Å². The Bertz CT molecular complexity index is 1080. The Labute approximate surface area is 165 Å². The molecule has 3 rings (SSSR count). The van der Waals surface area contributed by atoms with Gasteiger partial charge in [-0.2, -0.15) is 0 Å². The first-order valence-corrected chi connectivity index (χ1v) is 8.48. The first kappa shape index (κ1) is 19.6. The maximum atomic E-state index is 12.6. The number of ether oxygens (including phenoxy) is 1. The largest absolute Gasteiger partial charge is 0.495 e. The van der Waals surface area contributed by atoms with Gasteiger partial charge in [-0.1, -0.05) is 0 Å². The number of hydrogen-bond donors (Lipinski definition) is 2. The van der Waals surface area contributed by atoms with Gasteiger partial charge in [0.15, 0.2) is 5.76 Å². The number of amides is 2. The quantitative estimate of drug-likeness (QED) is 0.480. The Morgan fingerprint density at radius 2 is 1.86 bits per heavy atom. The number of aryl methyl sites for hydroxylation is 1. The molecule has 2 amide bonds. The molecule has 0 saturated carbocycles. The highest BCUT2D eigenvalue weighted by Crippen LogP contribution is 2.29. The van der Waals surface area contributed by atoms with E-state index in [-0.39, 0.29) is 17.0 Å². The molecule has 0 aliphatic heterocycles. The zero-order chi connectivity index (χ0) is 21.0. The van der Waals surface area contributed by atoms with Crippen molar-refractivity contribution in [3.8, 4) is 5.75 Å². The van der Waals surface area contributed by atoms with Gasteiger partial charge in [-0.15, -0.1) is 0 Å². The summed E-state index contributed by atoms with van der Waals surface area (Å²) in [7, 11) is 1.45. The number of carbonyl (C=O) groups excluding carboxylic acids is 2. The lowest BCUT2D eigenvalue weighted by Gasteiger charge is -2.13. The van der Waals surface area contributed by atoms with Gasteiger partial charge in [0.25, 0.3) is 17.5 Å². The van der Waals surface area contributed by atoms with Crippen LogP contribution in [0.15, 0.2) is 59.2 Å². The first-order chi connectivity index (χ1) is 13.9. The predicted octanol–water partition coefficient (Wildman–Crippen LogP) is 4.01. The summed E-state index contributed by atoms with van der Waals surface area (Å²) in [6.07, 6.45) is 1.39. The normalized spacial score (nSPS) is 10.3. The smallest absolute Gasteiger partial charge is 0.291 e. The van der Waals surface area contributed by atoms with Crippen LogP contribution in [0.3, 0.4) is 0 Å². The number of nitrogens with zero attached hydrogens (tertiary/aromatic N) is 1. The molecule has 0 atom stereocenters. The van der Waals surface area contributed by atoms with E-state index in [1.165, 1.54) is 43.7 Å². The summed E-state index contributed by atoms with van der Waals surface area (Å²) < 4.78 is 10.3. The Hall–Kier alpha value is -4.14. The van der Waals surface area contributed by atoms with Gasteiger partial charge in [-0.25, -0.2) is 0 Å². The fourth-order valence-corrected chi connectivity index (χ4v) is 2.68. The Balaban J connectivity index is 1.82. The first-order valence-electron chi connectivity index (χ1n) is 8.48. The summed E-state index contributed by atoms with van der Waals surface area (Å²) in [4.78, 5) is 35.2. The minimum atomic E-state index is -0.509. The second-order valence-electron chi connectivity index (χ2n) is 6.06. The average Bonchev–Trinajstić information content (AvgIpc) is 3.23. The highest BCUT2D eigenvalue weighted by molar-refractivity contribution is 6.06. The van der Waals surface area contributed by atoms with Crippen molar-refractivity contribution in [2.24, 2.45) is 0 Å². The van der Waals surface area contributed by atoms with Crippen molar-refractivity contribution in [1.29, 1.82) is 0 Å². The van der Waals surface area contributed by atoms with E-state index in [0.717, 1.165) is 0 Å². The number of methoxy groups -OCH3 is 1. The van der Waals surface area contributed by atoms with Crippen LogP contribution in [0.25, 0.3) is 0 Å². The van der Waals surface area contributed by atoms with Gasteiger partial charge in [-0.3, -0.25) is 19.7 Å². The van der Waals surface area contributed by atoms with Crippen LogP contribution >= 0.6 is 0 Å². The van der Waals surface area contributed by atoms with Crippen LogP contribution in [0.5, 0.6) is 5.75 Å². The predicted molar refractivity (Wildman–Crippen MR) is 105 cm³/mol. The Morgan fingerprint density at radius 1 is 1.07 bits per heavy atom. The lowest BCUT2D eigenvalue weighted by atomic mass is 10.1. The zero-order valence-corrected chi connectivity index (χ0v) is 15.6. The molecule has 2 N–H and O–H groups in total. The highest BCUT2D eigenvalue weighted by Gasteiger charge is 2.16. The van der Waals surface area contributed by atoms with Gasteiger partial charge in [0.05, 0.1) is 24.0 Å². The van der Waals surface area contributed by atoms with Crippen LogP contribution in [-0.4, -0.2) is 23.8 Å². The van der Waals surface area contributed by atoms with E-state index in [0.29, 0.717) is 22.7 Å². The molecule has 1 heterocycles. The molecular weight excluding hydrogens is 378 g/mol. The van der Waals surface area contributed by atoms with E-state index >= 15 is 0 Å². The van der Waals surface area contributed by atoms with E-state index in [9.17, 15) is 19.7 Å². The molecule has 0 unspecified atom stereocenters. The van der Waals surface area contributed by atoms with Gasteiger partial charge in [0, 0.05) is 22.9 Å². The number of rotatable bonds is 6. The van der Waals surface area contributed by atoms with Crippen molar-refractivity contribution in [2.75, 3.05) is 17.7 Å². The van der Waals surface area contributed by atoms with Crippen LogP contribution in [0.4, 0.5) is 17.1 Å². The summed E-state index contributed by atoms with van der Waals surface area (Å²) in [5.74, 6) is -0.389. The van der Waals surface area contributed by atoms with Crippen molar-refractivity contribution in [2.45, 2.75) is 6.92 Å². The minimum Gasteiger partial charge on any atom is -0.495 e. The van der Waals surface area contributed by atoms with Crippen LogP contribution in [-0.2, 0) is 0 Å². The van der Waals surface area contributed by atoms with E-state index in [1.807, 2.05) is 0 Å². The summed E-state index contributed by atoms with van der Waals surface area (Å²) in [5, 5.41) is 16.3. The molecule has 0 radical (unpaired) electrons. The summed E-state index contributed by atoms with van der Waals surface area (Å²) in [6, 6.07) is 12.0. The average molecular weight is 395 g/mol. The summed E-state index contributed by atoms with van der Waals surface area (Å²) >= 11 is 0. The van der Waals surface area contributed by atoms with E-state index in [2.05, 4.69) is 10.6 Å². The molecule has 2 aromatic carbocycles. The third-order valence-electron chi connectivity index (χ3n) is 4.11. The number of nitro groups is 1. The molecular formula is C20H17N3O6. The summed E-state index contributed by atoms with van der Waals surface area (Å²) in [5.41, 5.74) is 1.30. The highest BCUT2D eigenvalue weighted by atomic mass is 16.6. The van der Waals surface area contributed by atoms with Crippen molar-refractivity contribution in [1.82, 2.24) is 0 Å². The second-order valence-corrected chi connectivity index (χ2v) is 6.06. The van der Waals surface area contributed by atoms with Crippen LogP contribution < -0.4 is 15.4 Å². The molecule has 0 saturated heterocycles. The minimum absolute atomic E-state index is 0.0678. The van der Waals surface area contributed by atoms with E-state index in [4.69, 9.17) is 9.15 Å². The monoisotopic (exact) mass is 395 g/mol. The maximum Gasteiger partial charge on any atom is 0.291 e. The standard InChI is InChI=1S/C20H17N3O6/c1-12-10-13(5-7-16(12)23(26)27)19(24)22-15-11-14(6-8-17(15)28-2)21-20(25)18-4-3-9-29-18/h3-11H,1-2H3,(H,21,25)(H,22,24). The molecule has 0 spiro atoms. The number of carbonyl (C=O) groups is 2. The molecule has 0 aliphatic carbocycles. The number of nitrogens with one attached hydrogen (secondary N) is 2. The van der Waals surface area contributed by atoms with Gasteiger partial charge >= 0.3 is 0 Å². The third kappa shape index (κ3) is 4.41. The van der Waals surface area contributed by atoms with Crippen molar-refractivity contribution in [3.05, 3.63) is 81.8 Å². The Morgan fingerprint density at radius 3 is 2.48 bits per heavy atom. The molecule has 29 heavy (non-hydrogen) atoms. The fourth-order valence-electron chi connectivity index (χ4n) is 2.68. The molecule has 0 bridgehead atoms. The molecule has 0 aliphatic rings. The topological polar surface area (TPSA) is 124 Å². The SMILES string of the molecule is COc1ccc(NC(=O)c2ccco2)cc1NC(=O)c1ccc([N+](=O)[O-])c(C)c1. The summed E-state index contributed by atoms with van der Waals surface area (Å²) in [6.45, 7) is 1.56. The maximum absolute atomic E-state index is 12.6. The van der Waals surface area contributed by atoms with E-state index in [1.54, 1.807) is 25.1 Å². The fraction of sp³-hybridized carbons (Fsp3) is 0.100.